The molecule has 1 saturated heterocycles. The lowest BCUT2D eigenvalue weighted by Gasteiger charge is -2.26. The van der Waals surface area contributed by atoms with Crippen molar-refractivity contribution >= 4 is 17.6 Å². The summed E-state index contributed by atoms with van der Waals surface area (Å²) in [7, 11) is 3.21. The van der Waals surface area contributed by atoms with Crippen LogP contribution in [0.15, 0.2) is 43.0 Å². The van der Waals surface area contributed by atoms with Crippen LogP contribution in [0.5, 0.6) is 11.5 Å². The van der Waals surface area contributed by atoms with Gasteiger partial charge in [-0.25, -0.2) is 0 Å². The molecule has 186 valence electrons. The second-order valence-corrected chi connectivity index (χ2v) is 8.85. The number of anilines is 1. The zero-order valence-corrected chi connectivity index (χ0v) is 20.5. The Hall–Kier alpha value is -3.62. The predicted octanol–water partition coefficient (Wildman–Crippen LogP) is 2.62. The summed E-state index contributed by atoms with van der Waals surface area (Å²) in [5, 5.41) is 8.87. The number of carbonyl (C=O) groups excluding carboxylic acids is 2. The third-order valence-electron chi connectivity index (χ3n) is 6.42. The zero-order chi connectivity index (χ0) is 24.8. The topological polar surface area (TPSA) is 88.1 Å². The van der Waals surface area contributed by atoms with E-state index in [-0.39, 0.29) is 24.3 Å². The number of ether oxygens (including phenoxy) is 2. The van der Waals surface area contributed by atoms with Gasteiger partial charge in [-0.05, 0) is 49.6 Å². The largest absolute Gasteiger partial charge is 0.493 e. The minimum atomic E-state index is -0.0161. The van der Waals surface area contributed by atoms with E-state index in [1.165, 1.54) is 0 Å². The third-order valence-corrected chi connectivity index (χ3v) is 6.42. The maximum atomic E-state index is 13.0. The van der Waals surface area contributed by atoms with Gasteiger partial charge in [-0.15, -0.1) is 16.8 Å². The van der Waals surface area contributed by atoms with E-state index in [1.807, 2.05) is 35.2 Å². The molecule has 0 N–H and O–H groups in total. The van der Waals surface area contributed by atoms with E-state index >= 15 is 0 Å². The summed E-state index contributed by atoms with van der Waals surface area (Å²) in [4.78, 5) is 31.1. The van der Waals surface area contributed by atoms with Gasteiger partial charge in [0, 0.05) is 44.2 Å². The summed E-state index contributed by atoms with van der Waals surface area (Å²) in [5.41, 5.74) is 1.63. The van der Waals surface area contributed by atoms with Crippen molar-refractivity contribution in [3.05, 3.63) is 43.0 Å². The number of hydrogen-bond acceptors (Lipinski definition) is 7. The maximum absolute atomic E-state index is 13.0. The molecule has 9 heteroatoms. The monoisotopic (exact) mass is 479 g/mol. The first kappa shape index (κ1) is 24.5. The Kier molecular flexibility index (Phi) is 7.84. The summed E-state index contributed by atoms with van der Waals surface area (Å²) < 4.78 is 10.7. The summed E-state index contributed by atoms with van der Waals surface area (Å²) in [6, 6.07) is 9.54. The van der Waals surface area contributed by atoms with Gasteiger partial charge in [-0.3, -0.25) is 9.59 Å². The molecule has 0 atom stereocenters. The smallest absolute Gasteiger partial charge is 0.242 e. The Balaban J connectivity index is 1.37. The summed E-state index contributed by atoms with van der Waals surface area (Å²) >= 11 is 0. The molecule has 4 rings (SSSR count). The van der Waals surface area contributed by atoms with Crippen molar-refractivity contribution in [1.29, 1.82) is 0 Å². The molecule has 1 aromatic heterocycles. The third kappa shape index (κ3) is 5.90. The molecule has 1 aliphatic carbocycles. The fraction of sp³-hybridized carbons (Fsp3) is 0.462. The molecule has 9 nitrogen and oxygen atoms in total. The summed E-state index contributed by atoms with van der Waals surface area (Å²) in [6.45, 7) is 6.93. The number of benzene rings is 1. The first-order chi connectivity index (χ1) is 17.0. The molecule has 35 heavy (non-hydrogen) atoms. The number of amides is 2. The molecule has 2 aliphatic rings. The number of aromatic nitrogens is 2. The number of hydrogen-bond donors (Lipinski definition) is 0. The van der Waals surface area contributed by atoms with Crippen LogP contribution in [0.4, 0.5) is 5.82 Å². The van der Waals surface area contributed by atoms with E-state index < -0.39 is 0 Å². The highest BCUT2D eigenvalue weighted by molar-refractivity contribution is 5.87. The molecule has 2 amide bonds. The van der Waals surface area contributed by atoms with Crippen LogP contribution in [-0.4, -0.2) is 85.3 Å². The van der Waals surface area contributed by atoms with Crippen LogP contribution in [0, 0.1) is 5.92 Å². The van der Waals surface area contributed by atoms with E-state index in [0.717, 1.165) is 42.9 Å². The average Bonchev–Trinajstić information content (AvgIpc) is 3.75. The highest BCUT2D eigenvalue weighted by Crippen LogP contribution is 2.32. The van der Waals surface area contributed by atoms with E-state index in [0.29, 0.717) is 37.7 Å². The SMILES string of the molecule is C=CCN(CC(=O)N1CCCN(c2ccc(-c3ccc(OC)c(OC)c3)nn2)CC1)C(=O)C1CC1. The lowest BCUT2D eigenvalue weighted by atomic mass is 10.1. The van der Waals surface area contributed by atoms with Crippen molar-refractivity contribution in [2.24, 2.45) is 5.92 Å². The van der Waals surface area contributed by atoms with Crippen LogP contribution >= 0.6 is 0 Å². The molecule has 1 saturated carbocycles. The Labute approximate surface area is 206 Å². The van der Waals surface area contributed by atoms with Crippen LogP contribution in [0.1, 0.15) is 19.3 Å². The van der Waals surface area contributed by atoms with Crippen LogP contribution in [0.3, 0.4) is 0 Å². The van der Waals surface area contributed by atoms with Gasteiger partial charge < -0.3 is 24.2 Å². The Bertz CT molecular complexity index is 1050. The van der Waals surface area contributed by atoms with Crippen molar-refractivity contribution in [2.45, 2.75) is 19.3 Å². The summed E-state index contributed by atoms with van der Waals surface area (Å²) in [5.74, 6) is 2.22. The molecular formula is C26H33N5O4. The second kappa shape index (κ2) is 11.2. The highest BCUT2D eigenvalue weighted by Gasteiger charge is 2.34. The fourth-order valence-corrected chi connectivity index (χ4v) is 4.28. The van der Waals surface area contributed by atoms with Crippen molar-refractivity contribution in [3.63, 3.8) is 0 Å². The van der Waals surface area contributed by atoms with Crippen molar-refractivity contribution in [1.82, 2.24) is 20.0 Å². The molecule has 1 aromatic carbocycles. The summed E-state index contributed by atoms with van der Waals surface area (Å²) in [6.07, 6.45) is 4.35. The first-order valence-electron chi connectivity index (χ1n) is 12.0. The molecule has 0 bridgehead atoms. The highest BCUT2D eigenvalue weighted by atomic mass is 16.5. The van der Waals surface area contributed by atoms with Gasteiger partial charge in [-0.2, -0.15) is 0 Å². The van der Waals surface area contributed by atoms with Gasteiger partial charge in [0.05, 0.1) is 19.9 Å². The van der Waals surface area contributed by atoms with Gasteiger partial charge >= 0.3 is 0 Å². The molecular weight excluding hydrogens is 446 g/mol. The Morgan fingerprint density at radius 3 is 2.51 bits per heavy atom. The van der Waals surface area contributed by atoms with Crippen molar-refractivity contribution in [3.8, 4) is 22.8 Å². The Morgan fingerprint density at radius 1 is 1.06 bits per heavy atom. The van der Waals surface area contributed by atoms with Gasteiger partial charge in [0.1, 0.15) is 6.54 Å². The molecule has 2 fully saturated rings. The van der Waals surface area contributed by atoms with Gasteiger partial charge in [0.2, 0.25) is 11.8 Å². The first-order valence-corrected chi connectivity index (χ1v) is 12.0. The number of methoxy groups -OCH3 is 2. The number of nitrogens with zero attached hydrogens (tertiary/aromatic N) is 5. The quantitative estimate of drug-likeness (QED) is 0.511. The van der Waals surface area contributed by atoms with E-state index in [1.54, 1.807) is 25.2 Å². The number of carbonyl (C=O) groups is 2. The number of rotatable bonds is 9. The lowest BCUT2D eigenvalue weighted by Crippen LogP contribution is -2.44. The van der Waals surface area contributed by atoms with Gasteiger partial charge in [0.25, 0.3) is 0 Å². The predicted molar refractivity (Wildman–Crippen MR) is 133 cm³/mol. The van der Waals surface area contributed by atoms with Gasteiger partial charge in [0.15, 0.2) is 17.3 Å². The minimum absolute atomic E-state index is 0.0161. The van der Waals surface area contributed by atoms with Crippen LogP contribution in [0.2, 0.25) is 0 Å². The maximum Gasteiger partial charge on any atom is 0.242 e. The standard InChI is InChI=1S/C26H33N5O4/c1-4-12-31(26(33)19-6-7-19)18-25(32)30-14-5-13-29(15-16-30)24-11-9-21(27-28-24)20-8-10-22(34-2)23(17-20)35-3/h4,8-11,17,19H,1,5-7,12-16,18H2,2-3H3. The molecule has 0 unspecified atom stereocenters. The van der Waals surface area contributed by atoms with E-state index in [4.69, 9.17) is 9.47 Å². The van der Waals surface area contributed by atoms with E-state index in [9.17, 15) is 9.59 Å². The van der Waals surface area contributed by atoms with Crippen molar-refractivity contribution < 1.29 is 19.1 Å². The molecule has 2 heterocycles. The van der Waals surface area contributed by atoms with E-state index in [2.05, 4.69) is 21.7 Å². The van der Waals surface area contributed by atoms with Crippen LogP contribution < -0.4 is 14.4 Å². The van der Waals surface area contributed by atoms with Crippen LogP contribution in [-0.2, 0) is 9.59 Å². The molecule has 2 aromatic rings. The minimum Gasteiger partial charge on any atom is -0.493 e. The fourth-order valence-electron chi connectivity index (χ4n) is 4.28. The average molecular weight is 480 g/mol. The van der Waals surface area contributed by atoms with Gasteiger partial charge in [-0.1, -0.05) is 6.08 Å². The normalized spacial score (nSPS) is 15.8. The van der Waals surface area contributed by atoms with Crippen LogP contribution in [0.25, 0.3) is 11.3 Å². The van der Waals surface area contributed by atoms with Crippen molar-refractivity contribution in [2.75, 3.05) is 58.4 Å². The second-order valence-electron chi connectivity index (χ2n) is 8.85. The Morgan fingerprint density at radius 2 is 1.86 bits per heavy atom. The molecule has 1 aliphatic heterocycles. The molecule has 0 spiro atoms. The lowest BCUT2D eigenvalue weighted by molar-refractivity contribution is -0.140. The molecule has 0 radical (unpaired) electrons. The zero-order valence-electron chi connectivity index (χ0n) is 20.5.